The zero-order chi connectivity index (χ0) is 35.8. The lowest BCUT2D eigenvalue weighted by molar-refractivity contribution is -0.138. The van der Waals surface area contributed by atoms with Gasteiger partial charge in [0.15, 0.2) is 0 Å². The molecule has 0 atom stereocenters. The minimum atomic E-state index is -4.43. The second kappa shape index (κ2) is 15.1. The third kappa shape index (κ3) is 10.5. The van der Waals surface area contributed by atoms with Crippen molar-refractivity contribution in [3.8, 4) is 23.7 Å². The number of benzene rings is 2. The number of carbonyl (C=O) groups is 4. The molecule has 18 heteroatoms. The van der Waals surface area contributed by atoms with Gasteiger partial charge in [0.05, 0.1) is 32.0 Å². The van der Waals surface area contributed by atoms with E-state index < -0.39 is 47.4 Å². The molecule has 9 N–H and O–H groups in total. The van der Waals surface area contributed by atoms with E-state index in [-0.39, 0.29) is 21.1 Å². The van der Waals surface area contributed by atoms with Crippen LogP contribution in [0.15, 0.2) is 60.7 Å². The highest BCUT2D eigenvalue weighted by atomic mass is 32.1. The van der Waals surface area contributed by atoms with E-state index in [1.54, 1.807) is 0 Å². The summed E-state index contributed by atoms with van der Waals surface area (Å²) in [5.74, 6) is 8.60. The first-order chi connectivity index (χ1) is 22.3. The van der Waals surface area contributed by atoms with Gasteiger partial charge in [-0.1, -0.05) is 23.7 Å². The van der Waals surface area contributed by atoms with Gasteiger partial charge in [-0.25, -0.2) is 14.4 Å². The van der Waals surface area contributed by atoms with E-state index in [9.17, 15) is 45.5 Å². The maximum absolute atomic E-state index is 12.5. The SMILES string of the molecule is NC(=O)Nc1sc(C#Cc2ccc(C(F)(F)F)cc2)cc1C(=O)O.NC(=O)Nc1sc(C#Cc2ccc(C(F)(F)F)cc2)cc1C(N)=O. The minimum absolute atomic E-state index is 0.0340. The summed E-state index contributed by atoms with van der Waals surface area (Å²) in [5.41, 5.74) is 14.2. The molecular formula is C30H19F6N5O5S2. The molecule has 0 fully saturated rings. The van der Waals surface area contributed by atoms with Crippen molar-refractivity contribution in [2.24, 2.45) is 17.2 Å². The smallest absolute Gasteiger partial charge is 0.416 e. The maximum Gasteiger partial charge on any atom is 0.416 e. The summed E-state index contributed by atoms with van der Waals surface area (Å²) in [6.07, 6.45) is -8.84. The van der Waals surface area contributed by atoms with Crippen LogP contribution in [0.5, 0.6) is 0 Å². The molecule has 248 valence electrons. The second-order valence-electron chi connectivity index (χ2n) is 9.01. The number of rotatable bonds is 4. The Morgan fingerprint density at radius 2 is 0.958 bits per heavy atom. The van der Waals surface area contributed by atoms with Gasteiger partial charge in [-0.2, -0.15) is 26.3 Å². The third-order valence-corrected chi connectivity index (χ3v) is 7.45. The number of hydrogen-bond donors (Lipinski definition) is 6. The summed E-state index contributed by atoms with van der Waals surface area (Å²) in [7, 11) is 0. The fourth-order valence-corrected chi connectivity index (χ4v) is 5.24. The number of hydrogen-bond acceptors (Lipinski definition) is 6. The summed E-state index contributed by atoms with van der Waals surface area (Å²) < 4.78 is 74.8. The van der Waals surface area contributed by atoms with Crippen molar-refractivity contribution in [3.05, 3.63) is 104 Å². The van der Waals surface area contributed by atoms with Gasteiger partial charge >= 0.3 is 30.4 Å². The van der Waals surface area contributed by atoms with E-state index in [1.165, 1.54) is 36.4 Å². The molecule has 2 aromatic heterocycles. The van der Waals surface area contributed by atoms with Crippen molar-refractivity contribution in [2.75, 3.05) is 10.6 Å². The van der Waals surface area contributed by atoms with Gasteiger partial charge in [0.25, 0.3) is 5.91 Å². The van der Waals surface area contributed by atoms with Crippen LogP contribution in [0.3, 0.4) is 0 Å². The van der Waals surface area contributed by atoms with E-state index in [4.69, 9.17) is 22.3 Å². The standard InChI is InChI=1S/C15H10F3N3O2S.C15H9F3N2O3S/c16-15(17,18)9-4-1-8(2-5-9)3-6-10-7-11(12(19)22)13(24-10)21-14(20)23;16-15(17,18)9-4-1-8(2-5-9)3-6-10-7-11(13(21)22)12(24-10)20-14(19)23/h1-2,4-5,7H,(H2,19,22)(H3,20,21,23);1-2,4-5,7H,(H,21,22)(H3,19,20,23). The van der Waals surface area contributed by atoms with Crippen molar-refractivity contribution >= 4 is 56.6 Å². The summed E-state index contributed by atoms with van der Waals surface area (Å²) in [4.78, 5) is 44.8. The third-order valence-electron chi connectivity index (χ3n) is 5.52. The number of nitrogens with one attached hydrogen (secondary N) is 2. The van der Waals surface area contributed by atoms with Crippen LogP contribution in [0.25, 0.3) is 0 Å². The number of carbonyl (C=O) groups excluding carboxylic acids is 3. The quantitative estimate of drug-likeness (QED) is 0.110. The molecule has 48 heavy (non-hydrogen) atoms. The van der Waals surface area contributed by atoms with Crippen LogP contribution in [0.4, 0.5) is 45.9 Å². The number of alkyl halides is 6. The molecule has 2 aromatic carbocycles. The summed E-state index contributed by atoms with van der Waals surface area (Å²) in [5, 5.41) is 13.7. The first-order valence-electron chi connectivity index (χ1n) is 12.7. The predicted octanol–water partition coefficient (Wildman–Crippen LogP) is 6.11. The van der Waals surface area contributed by atoms with Gasteiger partial charge in [-0.15, -0.1) is 22.7 Å². The summed E-state index contributed by atoms with van der Waals surface area (Å²) >= 11 is 1.87. The molecule has 4 rings (SSSR count). The van der Waals surface area contributed by atoms with Crippen molar-refractivity contribution in [2.45, 2.75) is 12.4 Å². The Kier molecular flexibility index (Phi) is 11.5. The molecule has 2 heterocycles. The Bertz CT molecular complexity index is 1840. The molecule has 5 amide bonds. The van der Waals surface area contributed by atoms with E-state index in [0.29, 0.717) is 20.9 Å². The molecule has 0 aliphatic carbocycles. The lowest BCUT2D eigenvalue weighted by Gasteiger charge is -2.05. The van der Waals surface area contributed by atoms with Crippen LogP contribution in [-0.2, 0) is 12.4 Å². The van der Waals surface area contributed by atoms with Crippen molar-refractivity contribution in [1.29, 1.82) is 0 Å². The average molecular weight is 708 g/mol. The number of urea groups is 2. The first kappa shape index (κ1) is 36.5. The largest absolute Gasteiger partial charge is 0.478 e. The van der Waals surface area contributed by atoms with E-state index in [0.717, 1.165) is 46.9 Å². The lowest BCUT2D eigenvalue weighted by Crippen LogP contribution is -2.21. The second-order valence-corrected chi connectivity index (χ2v) is 11.1. The highest BCUT2D eigenvalue weighted by molar-refractivity contribution is 7.17. The van der Waals surface area contributed by atoms with Gasteiger partial charge in [0.2, 0.25) is 0 Å². The molecule has 10 nitrogen and oxygen atoms in total. The predicted molar refractivity (Wildman–Crippen MR) is 165 cm³/mol. The number of carboxylic acid groups (broad SMARTS) is 1. The fraction of sp³-hybridized carbons (Fsp3) is 0.0667. The van der Waals surface area contributed by atoms with E-state index >= 15 is 0 Å². The topological polar surface area (TPSA) is 191 Å². The normalized spacial score (nSPS) is 10.6. The molecule has 0 saturated carbocycles. The number of nitrogens with two attached hydrogens (primary N) is 3. The Hall–Kier alpha value is -5.98. The number of aromatic carboxylic acids is 1. The molecule has 4 aromatic rings. The number of amides is 5. The number of anilines is 2. The van der Waals surface area contributed by atoms with Crippen LogP contribution in [0, 0.1) is 23.7 Å². The molecule has 0 unspecified atom stereocenters. The Labute approximate surface area is 274 Å². The van der Waals surface area contributed by atoms with E-state index in [1.807, 2.05) is 0 Å². The maximum atomic E-state index is 12.5. The zero-order valence-electron chi connectivity index (χ0n) is 23.7. The van der Waals surface area contributed by atoms with Crippen LogP contribution < -0.4 is 27.8 Å². The number of halogens is 6. The molecule has 0 bridgehead atoms. The van der Waals surface area contributed by atoms with Crippen molar-refractivity contribution < 1.29 is 50.6 Å². The van der Waals surface area contributed by atoms with Crippen LogP contribution >= 0.6 is 22.7 Å². The average Bonchev–Trinajstić information content (AvgIpc) is 3.58. The van der Waals surface area contributed by atoms with Crippen molar-refractivity contribution in [3.63, 3.8) is 0 Å². The zero-order valence-corrected chi connectivity index (χ0v) is 25.3. The Morgan fingerprint density at radius 1 is 0.604 bits per heavy atom. The van der Waals surface area contributed by atoms with Gasteiger partial charge in [-0.05, 0) is 60.7 Å². The summed E-state index contributed by atoms with van der Waals surface area (Å²) in [6, 6.07) is 9.40. The minimum Gasteiger partial charge on any atom is -0.478 e. The molecular weight excluding hydrogens is 688 g/mol. The lowest BCUT2D eigenvalue weighted by atomic mass is 10.1. The Balaban J connectivity index is 0.000000260. The molecule has 0 saturated heterocycles. The monoisotopic (exact) mass is 707 g/mol. The molecule has 0 radical (unpaired) electrons. The number of primary amides is 3. The first-order valence-corrected chi connectivity index (χ1v) is 14.3. The Morgan fingerprint density at radius 3 is 1.27 bits per heavy atom. The number of carboxylic acids is 1. The molecule has 0 aliphatic rings. The van der Waals surface area contributed by atoms with Crippen LogP contribution in [-0.4, -0.2) is 29.0 Å². The molecule has 0 spiro atoms. The van der Waals surface area contributed by atoms with Crippen LogP contribution in [0.2, 0.25) is 0 Å². The highest BCUT2D eigenvalue weighted by Crippen LogP contribution is 2.31. The van der Waals surface area contributed by atoms with E-state index in [2.05, 4.69) is 34.3 Å². The number of thiophene rings is 2. The summed E-state index contributed by atoms with van der Waals surface area (Å²) in [6.45, 7) is 0. The highest BCUT2D eigenvalue weighted by Gasteiger charge is 2.30. The van der Waals surface area contributed by atoms with Crippen molar-refractivity contribution in [1.82, 2.24) is 0 Å². The van der Waals surface area contributed by atoms with Crippen LogP contribution in [0.1, 0.15) is 52.7 Å². The van der Waals surface area contributed by atoms with Gasteiger partial charge in [-0.3, -0.25) is 15.4 Å². The molecule has 0 aliphatic heterocycles. The van der Waals surface area contributed by atoms with Gasteiger partial charge in [0.1, 0.15) is 10.0 Å². The fourth-order valence-electron chi connectivity index (χ4n) is 3.41. The van der Waals surface area contributed by atoms with Gasteiger partial charge < -0.3 is 22.3 Å². The van der Waals surface area contributed by atoms with Gasteiger partial charge in [0, 0.05) is 11.1 Å².